The summed E-state index contributed by atoms with van der Waals surface area (Å²) in [5.41, 5.74) is 8.11. The summed E-state index contributed by atoms with van der Waals surface area (Å²) in [5.74, 6) is 1.89. The van der Waals surface area contributed by atoms with E-state index in [0.717, 1.165) is 67.9 Å². The average Bonchev–Trinajstić information content (AvgIpc) is 2.87. The molecule has 2 unspecified atom stereocenters. The Morgan fingerprint density at radius 1 is 1.22 bits per heavy atom. The molecule has 1 fully saturated rings. The number of benzene rings is 1. The lowest BCUT2D eigenvalue weighted by Gasteiger charge is -2.24. The number of unbranched alkanes of at least 4 members (excludes halogenated alkanes) is 4. The van der Waals surface area contributed by atoms with Crippen molar-refractivity contribution in [2.45, 2.75) is 89.6 Å². The van der Waals surface area contributed by atoms with Crippen LogP contribution in [0.2, 0.25) is 0 Å². The first-order valence-corrected chi connectivity index (χ1v) is 15.8. The van der Waals surface area contributed by atoms with Gasteiger partial charge in [-0.15, -0.1) is 0 Å². The van der Waals surface area contributed by atoms with Crippen LogP contribution in [0, 0.1) is 11.7 Å². The molecule has 0 saturated carbocycles. The molecule has 0 aromatic heterocycles. The summed E-state index contributed by atoms with van der Waals surface area (Å²) >= 11 is 7.81. The Kier molecular flexibility index (Phi) is 16.8. The molecule has 1 aromatic carbocycles. The van der Waals surface area contributed by atoms with Crippen LogP contribution >= 0.6 is 23.4 Å². The summed E-state index contributed by atoms with van der Waals surface area (Å²) in [6.07, 6.45) is 19.8. The molecule has 4 N–H and O–H groups in total. The van der Waals surface area contributed by atoms with Crippen molar-refractivity contribution in [3.63, 3.8) is 0 Å². The van der Waals surface area contributed by atoms with Gasteiger partial charge >= 0.3 is 0 Å². The predicted molar refractivity (Wildman–Crippen MR) is 162 cm³/mol. The lowest BCUT2D eigenvalue weighted by atomic mass is 9.90. The van der Waals surface area contributed by atoms with Crippen molar-refractivity contribution in [2.75, 3.05) is 25.1 Å². The van der Waals surface area contributed by atoms with Gasteiger partial charge in [0.25, 0.3) is 0 Å². The van der Waals surface area contributed by atoms with Crippen molar-refractivity contribution in [1.29, 1.82) is 0 Å². The van der Waals surface area contributed by atoms with Gasteiger partial charge in [0.2, 0.25) is 0 Å². The Hall–Kier alpha value is -1.50. The Morgan fingerprint density at radius 2 is 2.05 bits per heavy atom. The number of aliphatic imine (C=N–C) groups is 1. The molecule has 1 aromatic rings. The zero-order valence-electron chi connectivity index (χ0n) is 22.8. The van der Waals surface area contributed by atoms with Gasteiger partial charge in [-0.2, -0.15) is 11.8 Å². The van der Waals surface area contributed by atoms with E-state index in [4.69, 9.17) is 17.3 Å². The highest BCUT2D eigenvalue weighted by Gasteiger charge is 2.15. The highest BCUT2D eigenvalue weighted by molar-refractivity contribution is 7.98. The van der Waals surface area contributed by atoms with Crippen LogP contribution in [0.5, 0.6) is 0 Å². The molecule has 1 heterocycles. The van der Waals surface area contributed by atoms with Gasteiger partial charge in [0.15, 0.2) is 0 Å². The smallest absolute Gasteiger partial charge is 0.127 e. The summed E-state index contributed by atoms with van der Waals surface area (Å²) in [5, 5.41) is 7.36. The van der Waals surface area contributed by atoms with Crippen LogP contribution in [0.3, 0.4) is 0 Å². The van der Waals surface area contributed by atoms with Crippen molar-refractivity contribution in [3.8, 4) is 0 Å². The second-order valence-electron chi connectivity index (χ2n) is 10.2. The van der Waals surface area contributed by atoms with Gasteiger partial charge in [-0.1, -0.05) is 62.4 Å². The Bertz CT molecular complexity index is 835. The molecular formula is C30H48ClFN4S. The van der Waals surface area contributed by atoms with E-state index in [1.807, 2.05) is 17.8 Å². The van der Waals surface area contributed by atoms with Gasteiger partial charge in [-0.05, 0) is 86.6 Å². The third-order valence-electron chi connectivity index (χ3n) is 7.06. The number of halogens is 2. The molecule has 4 nitrogen and oxygen atoms in total. The van der Waals surface area contributed by atoms with Crippen LogP contribution in [0.4, 0.5) is 4.39 Å². The fraction of sp³-hybridized carbons (Fsp3) is 0.633. The molecule has 0 bridgehead atoms. The SMILES string of the molecule is C=C(Cc1ccc(CCCCC2CCCC(N=C/C(Cl)=C\N)NCC2)cc1F)NCCCCCCSC. The van der Waals surface area contributed by atoms with Gasteiger partial charge in [0, 0.05) is 31.1 Å². The number of allylic oxidation sites excluding steroid dienone is 2. The van der Waals surface area contributed by atoms with Crippen LogP contribution in [0.1, 0.15) is 81.8 Å². The maximum absolute atomic E-state index is 14.7. The first-order valence-electron chi connectivity index (χ1n) is 14.0. The lowest BCUT2D eigenvalue weighted by Crippen LogP contribution is -2.31. The molecule has 0 radical (unpaired) electrons. The lowest BCUT2D eigenvalue weighted by molar-refractivity contribution is 0.327. The Morgan fingerprint density at radius 3 is 2.84 bits per heavy atom. The highest BCUT2D eigenvalue weighted by Crippen LogP contribution is 2.23. The minimum absolute atomic E-state index is 0.107. The van der Waals surface area contributed by atoms with Crippen LogP contribution in [0.25, 0.3) is 0 Å². The minimum Gasteiger partial charge on any atom is -0.403 e. The monoisotopic (exact) mass is 550 g/mol. The summed E-state index contributed by atoms with van der Waals surface area (Å²) in [6.45, 7) is 5.99. The van der Waals surface area contributed by atoms with Crippen LogP contribution < -0.4 is 16.4 Å². The molecule has 1 saturated heterocycles. The van der Waals surface area contributed by atoms with Gasteiger partial charge < -0.3 is 11.1 Å². The van der Waals surface area contributed by atoms with E-state index in [1.54, 1.807) is 12.3 Å². The zero-order valence-corrected chi connectivity index (χ0v) is 24.3. The van der Waals surface area contributed by atoms with E-state index < -0.39 is 0 Å². The first-order chi connectivity index (χ1) is 18.0. The molecule has 37 heavy (non-hydrogen) atoms. The van der Waals surface area contributed by atoms with E-state index in [9.17, 15) is 4.39 Å². The molecule has 7 heteroatoms. The van der Waals surface area contributed by atoms with E-state index >= 15 is 0 Å². The molecule has 1 aliphatic rings. The summed E-state index contributed by atoms with van der Waals surface area (Å²) in [6, 6.07) is 5.75. The summed E-state index contributed by atoms with van der Waals surface area (Å²) in [4.78, 5) is 4.49. The summed E-state index contributed by atoms with van der Waals surface area (Å²) in [7, 11) is 0. The predicted octanol–water partition coefficient (Wildman–Crippen LogP) is 7.32. The highest BCUT2D eigenvalue weighted by atomic mass is 35.5. The van der Waals surface area contributed by atoms with Crippen LogP contribution in [-0.4, -0.2) is 37.5 Å². The second kappa shape index (κ2) is 19.6. The number of nitrogens with two attached hydrogens (primary N) is 1. The molecule has 1 aliphatic heterocycles. The van der Waals surface area contributed by atoms with Gasteiger partial charge in [0.1, 0.15) is 5.82 Å². The maximum atomic E-state index is 14.7. The molecule has 0 amide bonds. The third-order valence-corrected chi connectivity index (χ3v) is 7.98. The molecule has 2 atom stereocenters. The molecule has 0 spiro atoms. The number of nitrogens with zero attached hydrogens (tertiary/aromatic N) is 1. The minimum atomic E-state index is -0.107. The summed E-state index contributed by atoms with van der Waals surface area (Å²) < 4.78 is 14.7. The molecule has 208 valence electrons. The zero-order chi connectivity index (χ0) is 26.7. The van der Waals surface area contributed by atoms with Crippen molar-refractivity contribution >= 4 is 29.6 Å². The van der Waals surface area contributed by atoms with Gasteiger partial charge in [-0.3, -0.25) is 10.3 Å². The fourth-order valence-electron chi connectivity index (χ4n) is 4.85. The number of rotatable bonds is 17. The molecule has 0 aliphatic carbocycles. The van der Waals surface area contributed by atoms with E-state index in [1.165, 1.54) is 56.9 Å². The van der Waals surface area contributed by atoms with Crippen LogP contribution in [-0.2, 0) is 12.8 Å². The number of nitrogens with one attached hydrogen (secondary N) is 2. The number of hydrogen-bond acceptors (Lipinski definition) is 5. The normalized spacial score (nSPS) is 19.1. The van der Waals surface area contributed by atoms with Gasteiger partial charge in [-0.25, -0.2) is 4.39 Å². The molecular weight excluding hydrogens is 503 g/mol. The van der Waals surface area contributed by atoms with Crippen molar-refractivity contribution in [3.05, 3.63) is 58.7 Å². The van der Waals surface area contributed by atoms with E-state index in [2.05, 4.69) is 34.5 Å². The van der Waals surface area contributed by atoms with E-state index in [0.29, 0.717) is 11.5 Å². The third kappa shape index (κ3) is 14.3. The van der Waals surface area contributed by atoms with Crippen molar-refractivity contribution in [1.82, 2.24) is 10.6 Å². The van der Waals surface area contributed by atoms with Crippen molar-refractivity contribution < 1.29 is 4.39 Å². The molecule has 2 rings (SSSR count). The Labute approximate surface area is 234 Å². The quantitative estimate of drug-likeness (QED) is 0.140. The number of hydrogen-bond donors (Lipinski definition) is 3. The average molecular weight is 551 g/mol. The Balaban J connectivity index is 1.61. The second-order valence-corrected chi connectivity index (χ2v) is 11.6. The first kappa shape index (κ1) is 31.7. The van der Waals surface area contributed by atoms with E-state index in [-0.39, 0.29) is 12.0 Å². The number of thioether (sulfide) groups is 1. The number of aryl methyl sites for hydroxylation is 1. The van der Waals surface area contributed by atoms with Crippen LogP contribution in [0.15, 0.2) is 46.7 Å². The maximum Gasteiger partial charge on any atom is 0.127 e. The van der Waals surface area contributed by atoms with Crippen molar-refractivity contribution in [2.24, 2.45) is 16.6 Å². The topological polar surface area (TPSA) is 62.4 Å². The van der Waals surface area contributed by atoms with Gasteiger partial charge in [0.05, 0.1) is 11.2 Å². The fourth-order valence-corrected chi connectivity index (χ4v) is 5.40. The largest absolute Gasteiger partial charge is 0.403 e. The standard InChI is InChI=1S/C30H48ClFN4S/c1-24(34-17-7-3-4-8-19-37-2)20-27-15-14-26(21-29(27)32)11-6-5-10-25-12-9-13-30(35-18-16-25)36-23-28(31)22-33/h14-15,21-23,25,30,34-35H,1,3-13,16-20,33H2,2H3/b28-22+,36-23?.